The summed E-state index contributed by atoms with van der Waals surface area (Å²) in [6.07, 6.45) is -11.6. The molecule has 0 nitrogen and oxygen atoms in total. The van der Waals surface area contributed by atoms with Gasteiger partial charge in [0.05, 0.1) is 1.37 Å². The fraction of sp³-hybridized carbons (Fsp3) is 0.400. The molecule has 1 aromatic rings. The predicted molar refractivity (Wildman–Crippen MR) is 43.1 cm³/mol. The molecule has 52 valence electrons. The van der Waals surface area contributed by atoms with Crippen molar-refractivity contribution in [3.05, 3.63) is 35.4 Å². The van der Waals surface area contributed by atoms with Crippen molar-refractivity contribution < 1.29 is 12.3 Å². The van der Waals surface area contributed by atoms with Crippen LogP contribution in [0.3, 0.4) is 0 Å². The molecule has 0 unspecified atom stereocenters. The third kappa shape index (κ3) is 0.942. The van der Waals surface area contributed by atoms with Gasteiger partial charge in [0.25, 0.3) is 0 Å². The number of hydrogen-bond acceptors (Lipinski definition) is 0. The third-order valence-corrected chi connectivity index (χ3v) is 1.30. The van der Waals surface area contributed by atoms with E-state index in [0.717, 1.165) is 0 Å². The van der Waals surface area contributed by atoms with Crippen molar-refractivity contribution in [3.63, 3.8) is 0 Å². The van der Waals surface area contributed by atoms with Gasteiger partial charge in [0.15, 0.2) is 0 Å². The molecule has 0 fully saturated rings. The van der Waals surface area contributed by atoms with Crippen molar-refractivity contribution in [1.82, 2.24) is 0 Å². The fourth-order valence-corrected chi connectivity index (χ4v) is 0.837. The van der Waals surface area contributed by atoms with Gasteiger partial charge in [0.2, 0.25) is 0 Å². The van der Waals surface area contributed by atoms with E-state index in [1.807, 2.05) is 0 Å². The summed E-state index contributed by atoms with van der Waals surface area (Å²) in [6.45, 7) is 0. The summed E-state index contributed by atoms with van der Waals surface area (Å²) >= 11 is 0. The summed E-state index contributed by atoms with van der Waals surface area (Å²) in [5, 5.41) is 0. The summed E-state index contributed by atoms with van der Waals surface area (Å²) in [7, 11) is 0. The number of hydrogen-bond donors (Lipinski definition) is 0. The average molecular weight is 141 g/mol. The van der Waals surface area contributed by atoms with Crippen molar-refractivity contribution in [1.29, 1.82) is 0 Å². The molecule has 0 saturated carbocycles. The highest BCUT2D eigenvalue weighted by Crippen LogP contribution is 2.19. The molecule has 2 rings (SSSR count). The Morgan fingerprint density at radius 3 is 2.90 bits per heavy atom. The molecule has 0 aromatic heterocycles. The molecule has 0 heteroatoms. The quantitative estimate of drug-likeness (QED) is 0.521. The van der Waals surface area contributed by atoms with Crippen LogP contribution in [0.4, 0.5) is 0 Å². The van der Waals surface area contributed by atoms with Crippen LogP contribution >= 0.6 is 0 Å². The van der Waals surface area contributed by atoms with Crippen LogP contribution in [-0.2, 0) is 12.7 Å². The van der Waals surface area contributed by atoms with E-state index in [1.165, 1.54) is 18.2 Å². The van der Waals surface area contributed by atoms with Gasteiger partial charge in [0, 0.05) is 11.0 Å². The average Bonchev–Trinajstić information content (AvgIpc) is 2.26. The van der Waals surface area contributed by atoms with E-state index < -0.39 is 31.1 Å². The Labute approximate surface area is 74.5 Å². The minimum absolute atomic E-state index is 0.301. The van der Waals surface area contributed by atoms with Crippen LogP contribution in [-0.4, -0.2) is 0 Å². The monoisotopic (exact) mass is 141 g/mol. The van der Waals surface area contributed by atoms with Crippen molar-refractivity contribution >= 4 is 0 Å². The molecule has 0 radical (unpaired) electrons. The molecule has 0 amide bonds. The molecule has 0 heterocycles. The minimum Gasteiger partial charge on any atom is -0.0620 e. The zero-order valence-electron chi connectivity index (χ0n) is 14.2. The van der Waals surface area contributed by atoms with Crippen molar-refractivity contribution in [3.8, 4) is 0 Å². The largest absolute Gasteiger partial charge is 0.0626 e. The topological polar surface area (TPSA) is 0 Å². The lowest BCUT2D eigenvalue weighted by Gasteiger charge is -2.13. The lowest BCUT2D eigenvalue weighted by atomic mass is 9.92. The van der Waals surface area contributed by atoms with E-state index in [9.17, 15) is 0 Å². The second kappa shape index (κ2) is 2.45. The van der Waals surface area contributed by atoms with Crippen molar-refractivity contribution in [2.75, 3.05) is 0 Å². The van der Waals surface area contributed by atoms with Crippen LogP contribution < -0.4 is 0 Å². The molecule has 10 heavy (non-hydrogen) atoms. The van der Waals surface area contributed by atoms with Gasteiger partial charge in [-0.1, -0.05) is 24.2 Å². The van der Waals surface area contributed by atoms with Crippen LogP contribution in [0.2, 0.25) is 0 Å². The van der Waals surface area contributed by atoms with Crippen molar-refractivity contribution in [2.24, 2.45) is 0 Å². The van der Waals surface area contributed by atoms with E-state index in [-0.39, 0.29) is 11.6 Å². The molecule has 0 atom stereocenters. The summed E-state index contributed by atoms with van der Waals surface area (Å²) in [6, 6.07) is 3.46. The maximum Gasteiger partial charge on any atom is 0.0626 e. The van der Waals surface area contributed by atoms with Gasteiger partial charge in [-0.05, 0) is 36.6 Å². The van der Waals surface area contributed by atoms with Gasteiger partial charge in [-0.15, -0.1) is 0 Å². The van der Waals surface area contributed by atoms with Crippen LogP contribution in [0, 0.1) is 0 Å². The second-order valence-corrected chi connectivity index (χ2v) is 1.96. The molecule has 1 aliphatic carbocycles. The van der Waals surface area contributed by atoms with Gasteiger partial charge >= 0.3 is 0 Å². The summed E-state index contributed by atoms with van der Waals surface area (Å²) in [5.41, 5.74) is -0.717. The second-order valence-electron chi connectivity index (χ2n) is 1.96. The first kappa shape index (κ1) is 1.69. The number of aryl methyl sites for hydroxylation is 1. The highest BCUT2D eigenvalue weighted by atomic mass is 14.1. The first-order chi connectivity index (χ1) is 8.39. The molecule has 1 aliphatic rings. The highest BCUT2D eigenvalue weighted by Gasteiger charge is 2.05. The van der Waals surface area contributed by atoms with E-state index >= 15 is 0 Å². The zero-order valence-corrected chi connectivity index (χ0v) is 5.23. The molecule has 1 aromatic carbocycles. The standard InChI is InChI=1S/C10H12/c1-2-6-10-8-4-3-7-9(10)5-1/h1-2,5-6H,3-4,7-8H2/i3D2,4D2,5D,7D2,8D2. The van der Waals surface area contributed by atoms with E-state index in [4.69, 9.17) is 12.3 Å². The van der Waals surface area contributed by atoms with Gasteiger partial charge in [0.1, 0.15) is 0 Å². The van der Waals surface area contributed by atoms with Gasteiger partial charge in [-0.2, -0.15) is 0 Å². The van der Waals surface area contributed by atoms with Gasteiger partial charge in [-0.25, -0.2) is 0 Å². The Hall–Kier alpha value is -0.780. The summed E-state index contributed by atoms with van der Waals surface area (Å²) < 4.78 is 69.9. The van der Waals surface area contributed by atoms with Gasteiger partial charge < -0.3 is 0 Å². The molecule has 0 N–H and O–H groups in total. The van der Waals surface area contributed by atoms with Gasteiger partial charge in [-0.3, -0.25) is 0 Å². The minimum atomic E-state index is -3.09. The Bertz CT molecular complexity index is 532. The predicted octanol–water partition coefficient (Wildman–Crippen LogP) is 2.57. The smallest absolute Gasteiger partial charge is 0.0620 e. The maximum atomic E-state index is 7.85. The van der Waals surface area contributed by atoms with Crippen LogP contribution in [0.1, 0.15) is 36.2 Å². The normalized spacial score (nSPS) is 49.8. The Morgan fingerprint density at radius 2 is 2.00 bits per heavy atom. The van der Waals surface area contributed by atoms with E-state index in [0.29, 0.717) is 0 Å². The Balaban J connectivity index is 2.93. The lowest BCUT2D eigenvalue weighted by molar-refractivity contribution is 0.685. The number of rotatable bonds is 0. The maximum absolute atomic E-state index is 7.85. The highest BCUT2D eigenvalue weighted by molar-refractivity contribution is 5.28. The zero-order chi connectivity index (χ0) is 14.9. The first-order valence-electron chi connectivity index (χ1n) is 7.49. The summed E-state index contributed by atoms with van der Waals surface area (Å²) in [5.74, 6) is 0. The number of fused-ring (bicyclic) bond motifs is 1. The van der Waals surface area contributed by atoms with E-state index in [2.05, 4.69) is 0 Å². The molecule has 0 aliphatic heterocycles. The number of benzene rings is 1. The Kier molecular flexibility index (Phi) is 0.413. The van der Waals surface area contributed by atoms with Crippen LogP contribution in [0.15, 0.2) is 24.2 Å². The molecular weight excluding hydrogens is 120 g/mol. The Morgan fingerprint density at radius 1 is 1.20 bits per heavy atom. The third-order valence-electron chi connectivity index (χ3n) is 1.30. The van der Waals surface area contributed by atoms with E-state index in [1.54, 1.807) is 0 Å². The molecule has 0 spiro atoms. The molecule has 0 saturated heterocycles. The molecule has 0 bridgehead atoms. The first-order valence-corrected chi connectivity index (χ1v) is 2.99. The lowest BCUT2D eigenvalue weighted by Crippen LogP contribution is -2.00. The van der Waals surface area contributed by atoms with Crippen molar-refractivity contribution in [2.45, 2.75) is 25.5 Å². The van der Waals surface area contributed by atoms with Crippen LogP contribution in [0.5, 0.6) is 0 Å². The van der Waals surface area contributed by atoms with Crippen LogP contribution in [0.25, 0.3) is 0 Å². The SMILES string of the molecule is [2H]c1cccc2c1C([2H])([2H])C([2H])([2H])C([2H])([2H])C2([2H])[2H]. The fourth-order valence-electron chi connectivity index (χ4n) is 0.837. The summed E-state index contributed by atoms with van der Waals surface area (Å²) in [4.78, 5) is 0. The molecular formula is C10H12.